The molecule has 1 aliphatic heterocycles. The summed E-state index contributed by atoms with van der Waals surface area (Å²) >= 11 is 0. The van der Waals surface area contributed by atoms with Gasteiger partial charge < -0.3 is 14.7 Å². The molecule has 1 aliphatic rings. The molecular weight excluding hydrogens is 289 g/mol. The molecule has 2 rings (SSSR count). The SMILES string of the molecule is CC(=CC(=O)N1CCOC(CC(=O)O)C1)c1cccc(F)c1. The number of morpholine rings is 1. The second-order valence-electron chi connectivity index (χ2n) is 5.21. The molecule has 1 N–H and O–H groups in total. The molecular formula is C16H18FNO4. The molecule has 1 atom stereocenters. The van der Waals surface area contributed by atoms with Crippen LogP contribution in [-0.2, 0) is 14.3 Å². The number of carboxylic acids is 1. The highest BCUT2D eigenvalue weighted by Crippen LogP contribution is 2.16. The van der Waals surface area contributed by atoms with Crippen LogP contribution in [0.2, 0.25) is 0 Å². The van der Waals surface area contributed by atoms with Gasteiger partial charge >= 0.3 is 5.97 Å². The van der Waals surface area contributed by atoms with Crippen LogP contribution in [0.1, 0.15) is 18.9 Å². The Labute approximate surface area is 128 Å². The van der Waals surface area contributed by atoms with Crippen molar-refractivity contribution < 1.29 is 23.8 Å². The lowest BCUT2D eigenvalue weighted by atomic mass is 10.1. The Morgan fingerprint density at radius 2 is 2.27 bits per heavy atom. The van der Waals surface area contributed by atoms with Gasteiger partial charge in [-0.05, 0) is 30.2 Å². The Morgan fingerprint density at radius 3 is 2.95 bits per heavy atom. The summed E-state index contributed by atoms with van der Waals surface area (Å²) in [6.07, 6.45) is 0.826. The summed E-state index contributed by atoms with van der Waals surface area (Å²) in [5, 5.41) is 8.78. The molecule has 0 saturated carbocycles. The van der Waals surface area contributed by atoms with Gasteiger partial charge in [-0.1, -0.05) is 12.1 Å². The van der Waals surface area contributed by atoms with E-state index in [4.69, 9.17) is 9.84 Å². The maximum Gasteiger partial charge on any atom is 0.306 e. The van der Waals surface area contributed by atoms with Crippen molar-refractivity contribution in [3.8, 4) is 0 Å². The zero-order chi connectivity index (χ0) is 16.1. The van der Waals surface area contributed by atoms with Crippen LogP contribution < -0.4 is 0 Å². The molecule has 0 spiro atoms. The molecule has 1 fully saturated rings. The van der Waals surface area contributed by atoms with E-state index in [2.05, 4.69) is 0 Å². The number of amides is 1. The standard InChI is InChI=1S/C16H18FNO4/c1-11(12-3-2-4-13(17)8-12)7-15(19)18-5-6-22-14(10-18)9-16(20)21/h2-4,7-8,14H,5-6,9-10H2,1H3,(H,20,21). The van der Waals surface area contributed by atoms with Gasteiger partial charge in [0.15, 0.2) is 0 Å². The summed E-state index contributed by atoms with van der Waals surface area (Å²) in [4.78, 5) is 24.5. The van der Waals surface area contributed by atoms with Gasteiger partial charge in [-0.25, -0.2) is 4.39 Å². The van der Waals surface area contributed by atoms with Crippen LogP contribution in [0.15, 0.2) is 30.3 Å². The highest BCUT2D eigenvalue weighted by Gasteiger charge is 2.25. The Kier molecular flexibility index (Phi) is 5.27. The van der Waals surface area contributed by atoms with Crippen LogP contribution in [0.25, 0.3) is 5.57 Å². The van der Waals surface area contributed by atoms with Gasteiger partial charge in [-0.3, -0.25) is 9.59 Å². The Bertz CT molecular complexity index is 600. The van der Waals surface area contributed by atoms with Gasteiger partial charge in [0.1, 0.15) is 5.82 Å². The zero-order valence-electron chi connectivity index (χ0n) is 12.3. The van der Waals surface area contributed by atoms with Crippen LogP contribution in [-0.4, -0.2) is 47.7 Å². The van der Waals surface area contributed by atoms with Crippen LogP contribution in [0, 0.1) is 5.82 Å². The molecule has 1 unspecified atom stereocenters. The average Bonchev–Trinajstić information content (AvgIpc) is 2.46. The normalized spacial score (nSPS) is 19.1. The van der Waals surface area contributed by atoms with Gasteiger partial charge in [0.05, 0.1) is 19.1 Å². The van der Waals surface area contributed by atoms with Gasteiger partial charge in [0.2, 0.25) is 5.91 Å². The van der Waals surface area contributed by atoms with Crippen LogP contribution >= 0.6 is 0 Å². The molecule has 0 aromatic heterocycles. The average molecular weight is 307 g/mol. The maximum absolute atomic E-state index is 13.2. The topological polar surface area (TPSA) is 66.8 Å². The van der Waals surface area contributed by atoms with Crippen LogP contribution in [0.5, 0.6) is 0 Å². The van der Waals surface area contributed by atoms with E-state index in [0.29, 0.717) is 24.3 Å². The minimum atomic E-state index is -0.953. The number of nitrogens with zero attached hydrogens (tertiary/aromatic N) is 1. The zero-order valence-corrected chi connectivity index (χ0v) is 12.3. The van der Waals surface area contributed by atoms with Crippen LogP contribution in [0.3, 0.4) is 0 Å². The summed E-state index contributed by atoms with van der Waals surface area (Å²) in [6.45, 7) is 2.72. The molecule has 5 nitrogen and oxygen atoms in total. The number of carbonyl (C=O) groups excluding carboxylic acids is 1. The number of ether oxygens (including phenoxy) is 1. The molecule has 1 aromatic carbocycles. The van der Waals surface area contributed by atoms with E-state index in [-0.39, 0.29) is 24.7 Å². The first-order valence-corrected chi connectivity index (χ1v) is 7.02. The number of carbonyl (C=O) groups is 2. The second kappa shape index (κ2) is 7.17. The Hall–Kier alpha value is -2.21. The first-order valence-electron chi connectivity index (χ1n) is 7.02. The molecule has 118 valence electrons. The van der Waals surface area contributed by atoms with Crippen molar-refractivity contribution in [3.05, 3.63) is 41.7 Å². The lowest BCUT2D eigenvalue weighted by Crippen LogP contribution is -2.45. The highest BCUT2D eigenvalue weighted by molar-refractivity contribution is 5.95. The first kappa shape index (κ1) is 16.2. The summed E-state index contributed by atoms with van der Waals surface area (Å²) in [6, 6.07) is 6.03. The van der Waals surface area contributed by atoms with Crippen molar-refractivity contribution in [1.82, 2.24) is 4.90 Å². The number of rotatable bonds is 4. The van der Waals surface area contributed by atoms with Gasteiger partial charge in [-0.2, -0.15) is 0 Å². The van der Waals surface area contributed by atoms with Crippen LogP contribution in [0.4, 0.5) is 4.39 Å². The number of aliphatic carboxylic acids is 1. The van der Waals surface area contributed by atoms with Gasteiger partial charge in [0, 0.05) is 19.2 Å². The van der Waals surface area contributed by atoms with Crippen molar-refractivity contribution in [3.63, 3.8) is 0 Å². The molecule has 22 heavy (non-hydrogen) atoms. The minimum Gasteiger partial charge on any atom is -0.481 e. The van der Waals surface area contributed by atoms with Crippen molar-refractivity contribution in [1.29, 1.82) is 0 Å². The summed E-state index contributed by atoms with van der Waals surface area (Å²) in [5.74, 6) is -1.53. The first-order chi connectivity index (χ1) is 10.5. The van der Waals surface area contributed by atoms with Crippen molar-refractivity contribution >= 4 is 17.4 Å². The number of allylic oxidation sites excluding steroid dienone is 1. The lowest BCUT2D eigenvalue weighted by molar-refractivity contribution is -0.145. The summed E-state index contributed by atoms with van der Waals surface area (Å²) in [5.41, 5.74) is 1.30. The predicted molar refractivity (Wildman–Crippen MR) is 78.6 cm³/mol. The van der Waals surface area contributed by atoms with Crippen molar-refractivity contribution in [2.45, 2.75) is 19.4 Å². The van der Waals surface area contributed by atoms with Crippen molar-refractivity contribution in [2.75, 3.05) is 19.7 Å². The van der Waals surface area contributed by atoms with E-state index in [9.17, 15) is 14.0 Å². The van der Waals surface area contributed by atoms with E-state index in [1.165, 1.54) is 18.2 Å². The largest absolute Gasteiger partial charge is 0.481 e. The molecule has 1 amide bonds. The van der Waals surface area contributed by atoms with E-state index < -0.39 is 12.1 Å². The quantitative estimate of drug-likeness (QED) is 0.863. The number of halogens is 1. The molecule has 0 bridgehead atoms. The molecule has 0 aliphatic carbocycles. The number of hydrogen-bond acceptors (Lipinski definition) is 3. The lowest BCUT2D eigenvalue weighted by Gasteiger charge is -2.31. The third kappa shape index (κ3) is 4.39. The molecule has 6 heteroatoms. The summed E-state index contributed by atoms with van der Waals surface area (Å²) < 4.78 is 18.5. The molecule has 0 radical (unpaired) electrons. The number of carboxylic acid groups (broad SMARTS) is 1. The van der Waals surface area contributed by atoms with E-state index >= 15 is 0 Å². The monoisotopic (exact) mass is 307 g/mol. The fourth-order valence-corrected chi connectivity index (χ4v) is 2.33. The minimum absolute atomic E-state index is 0.129. The van der Waals surface area contributed by atoms with E-state index in [1.54, 1.807) is 24.0 Å². The fraction of sp³-hybridized carbons (Fsp3) is 0.375. The predicted octanol–water partition coefficient (Wildman–Crippen LogP) is 1.93. The van der Waals surface area contributed by atoms with E-state index in [0.717, 1.165) is 0 Å². The van der Waals surface area contributed by atoms with E-state index in [1.807, 2.05) is 0 Å². The van der Waals surface area contributed by atoms with Crippen molar-refractivity contribution in [2.24, 2.45) is 0 Å². The maximum atomic E-state index is 13.2. The molecule has 1 heterocycles. The molecule has 1 saturated heterocycles. The van der Waals surface area contributed by atoms with Gasteiger partial charge in [0.25, 0.3) is 0 Å². The third-order valence-electron chi connectivity index (χ3n) is 3.47. The second-order valence-corrected chi connectivity index (χ2v) is 5.21. The highest BCUT2D eigenvalue weighted by atomic mass is 19.1. The smallest absolute Gasteiger partial charge is 0.306 e. The Balaban J connectivity index is 2.04. The number of benzene rings is 1. The fourth-order valence-electron chi connectivity index (χ4n) is 2.33. The Morgan fingerprint density at radius 1 is 1.50 bits per heavy atom. The molecule has 1 aromatic rings. The van der Waals surface area contributed by atoms with Gasteiger partial charge in [-0.15, -0.1) is 0 Å². The summed E-state index contributed by atoms with van der Waals surface area (Å²) in [7, 11) is 0. The number of hydrogen-bond donors (Lipinski definition) is 1. The third-order valence-corrected chi connectivity index (χ3v) is 3.47.